The van der Waals surface area contributed by atoms with Gasteiger partial charge in [-0.2, -0.15) is 5.10 Å². The molecule has 0 aliphatic heterocycles. The van der Waals surface area contributed by atoms with Crippen molar-refractivity contribution in [2.45, 2.75) is 6.92 Å². The molecule has 19 heavy (non-hydrogen) atoms. The second-order valence-electron chi connectivity index (χ2n) is 3.67. The van der Waals surface area contributed by atoms with E-state index in [2.05, 4.69) is 10.2 Å². The topological polar surface area (TPSA) is 107 Å². The van der Waals surface area contributed by atoms with Crippen molar-refractivity contribution >= 4 is 34.1 Å². The maximum Gasteiger partial charge on any atom is 0.311 e. The predicted molar refractivity (Wildman–Crippen MR) is 79.0 cm³/mol. The minimum Gasteiger partial charge on any atom is -0.487 e. The lowest BCUT2D eigenvalue weighted by Gasteiger charge is -2.05. The van der Waals surface area contributed by atoms with E-state index in [1.54, 1.807) is 19.1 Å². The molecule has 3 N–H and O–H groups in total. The number of nitrogens with one attached hydrogen (secondary N) is 1. The minimum absolute atomic E-state index is 0.0803. The highest BCUT2D eigenvalue weighted by Crippen LogP contribution is 2.34. The Labute approximate surface area is 122 Å². The van der Waals surface area contributed by atoms with E-state index in [0.29, 0.717) is 23.7 Å². The molecule has 2 rings (SSSR count). The quantitative estimate of drug-likeness (QED) is 0.486. The second kappa shape index (κ2) is 5.43. The number of halogens is 1. The number of hydrogen-bond donors (Lipinski definition) is 2. The van der Waals surface area contributed by atoms with Crippen molar-refractivity contribution in [1.82, 2.24) is 10.2 Å². The second-order valence-corrected chi connectivity index (χ2v) is 4.75. The maximum atomic E-state index is 11.0. The van der Waals surface area contributed by atoms with Crippen molar-refractivity contribution in [2.75, 3.05) is 12.3 Å². The summed E-state index contributed by atoms with van der Waals surface area (Å²) in [6.07, 6.45) is 0. The number of nitro groups is 1. The first-order valence-electron chi connectivity index (χ1n) is 5.45. The van der Waals surface area contributed by atoms with E-state index in [-0.39, 0.29) is 11.4 Å². The lowest BCUT2D eigenvalue weighted by atomic mass is 10.1. The number of rotatable bonds is 4. The van der Waals surface area contributed by atoms with Crippen LogP contribution in [0, 0.1) is 13.7 Å². The van der Waals surface area contributed by atoms with Gasteiger partial charge in [0.05, 0.1) is 20.8 Å². The number of nitro benzene ring substituents is 1. The van der Waals surface area contributed by atoms with Crippen LogP contribution in [0.5, 0.6) is 5.75 Å². The number of hydrogen-bond acceptors (Lipinski definition) is 5. The van der Waals surface area contributed by atoms with Crippen LogP contribution in [0.4, 0.5) is 11.5 Å². The van der Waals surface area contributed by atoms with Crippen LogP contribution in [0.2, 0.25) is 0 Å². The van der Waals surface area contributed by atoms with Crippen molar-refractivity contribution in [2.24, 2.45) is 0 Å². The summed E-state index contributed by atoms with van der Waals surface area (Å²) < 4.78 is 5.96. The first-order chi connectivity index (χ1) is 9.04. The molecular weight excluding hydrogens is 363 g/mol. The fourth-order valence-electron chi connectivity index (χ4n) is 1.63. The molecule has 100 valence electrons. The van der Waals surface area contributed by atoms with Crippen LogP contribution in [0.1, 0.15) is 6.92 Å². The molecule has 0 bridgehead atoms. The Kier molecular flexibility index (Phi) is 3.88. The Hall–Kier alpha value is -1.84. The van der Waals surface area contributed by atoms with Gasteiger partial charge in [0.25, 0.3) is 0 Å². The SMILES string of the molecule is CCOc1ccc(-c2[nH]nc(N)c2I)cc1[N+](=O)[O-]. The van der Waals surface area contributed by atoms with Crippen LogP contribution >= 0.6 is 22.6 Å². The third kappa shape index (κ3) is 2.62. The zero-order chi connectivity index (χ0) is 14.0. The number of H-pyrrole nitrogens is 1. The van der Waals surface area contributed by atoms with Gasteiger partial charge in [0.1, 0.15) is 0 Å². The van der Waals surface area contributed by atoms with E-state index in [9.17, 15) is 10.1 Å². The summed E-state index contributed by atoms with van der Waals surface area (Å²) >= 11 is 2.04. The molecule has 8 heteroatoms. The summed E-state index contributed by atoms with van der Waals surface area (Å²) in [6, 6.07) is 4.75. The fraction of sp³-hybridized carbons (Fsp3) is 0.182. The van der Waals surface area contributed by atoms with Gasteiger partial charge >= 0.3 is 5.69 Å². The Morgan fingerprint density at radius 3 is 2.84 bits per heavy atom. The maximum absolute atomic E-state index is 11.0. The summed E-state index contributed by atoms with van der Waals surface area (Å²) in [5, 5.41) is 17.7. The number of ether oxygens (including phenoxy) is 1. The highest BCUT2D eigenvalue weighted by Gasteiger charge is 2.18. The van der Waals surface area contributed by atoms with Crippen LogP contribution in [-0.2, 0) is 0 Å². The normalized spacial score (nSPS) is 10.4. The molecule has 2 aromatic rings. The van der Waals surface area contributed by atoms with Gasteiger partial charge in [0.2, 0.25) is 0 Å². The van der Waals surface area contributed by atoms with Crippen molar-refractivity contribution in [3.8, 4) is 17.0 Å². The monoisotopic (exact) mass is 374 g/mol. The first-order valence-corrected chi connectivity index (χ1v) is 6.53. The zero-order valence-corrected chi connectivity index (χ0v) is 12.2. The highest BCUT2D eigenvalue weighted by molar-refractivity contribution is 14.1. The van der Waals surface area contributed by atoms with Gasteiger partial charge in [-0.1, -0.05) is 0 Å². The number of nitrogens with two attached hydrogens (primary N) is 1. The molecule has 0 aliphatic rings. The number of nitrogen functional groups attached to an aromatic ring is 1. The third-order valence-electron chi connectivity index (χ3n) is 2.48. The molecule has 7 nitrogen and oxygen atoms in total. The van der Waals surface area contributed by atoms with E-state index in [0.717, 1.165) is 3.57 Å². The van der Waals surface area contributed by atoms with Crippen molar-refractivity contribution < 1.29 is 9.66 Å². The van der Waals surface area contributed by atoms with Crippen molar-refractivity contribution in [1.29, 1.82) is 0 Å². The molecule has 1 aromatic heterocycles. The lowest BCUT2D eigenvalue weighted by Crippen LogP contribution is -1.98. The molecule has 0 radical (unpaired) electrons. The summed E-state index contributed by atoms with van der Waals surface area (Å²) in [5.74, 6) is 0.617. The van der Waals surface area contributed by atoms with Crippen LogP contribution in [0.3, 0.4) is 0 Å². The van der Waals surface area contributed by atoms with Crippen LogP contribution in [-0.4, -0.2) is 21.7 Å². The average molecular weight is 374 g/mol. The number of nitrogens with zero attached hydrogens (tertiary/aromatic N) is 2. The standard InChI is InChI=1S/C11H11IN4O3/c1-2-19-8-4-3-6(5-7(8)16(17)18)10-9(12)11(13)15-14-10/h3-5H,2H2,1H3,(H3,13,14,15). The lowest BCUT2D eigenvalue weighted by molar-refractivity contribution is -0.385. The third-order valence-corrected chi connectivity index (χ3v) is 3.57. The smallest absolute Gasteiger partial charge is 0.311 e. The summed E-state index contributed by atoms with van der Waals surface area (Å²) in [7, 11) is 0. The molecule has 1 aromatic carbocycles. The number of benzene rings is 1. The van der Waals surface area contributed by atoms with Gasteiger partial charge in [0.15, 0.2) is 11.6 Å². The molecule has 0 unspecified atom stereocenters. The van der Waals surface area contributed by atoms with E-state index >= 15 is 0 Å². The van der Waals surface area contributed by atoms with Gasteiger partial charge in [-0.05, 0) is 41.6 Å². The molecule has 0 saturated heterocycles. The van der Waals surface area contributed by atoms with Crippen molar-refractivity contribution in [3.05, 3.63) is 31.9 Å². The molecule has 0 atom stereocenters. The number of anilines is 1. The fourth-order valence-corrected chi connectivity index (χ4v) is 2.18. The summed E-state index contributed by atoms with van der Waals surface area (Å²) in [4.78, 5) is 10.6. The Balaban J connectivity index is 2.52. The molecule has 0 amide bonds. The van der Waals surface area contributed by atoms with Gasteiger partial charge < -0.3 is 10.5 Å². The Morgan fingerprint density at radius 2 is 2.32 bits per heavy atom. The van der Waals surface area contributed by atoms with Crippen LogP contribution in [0.25, 0.3) is 11.3 Å². The van der Waals surface area contributed by atoms with E-state index in [1.165, 1.54) is 6.07 Å². The number of aromatic nitrogens is 2. The number of aromatic amines is 1. The minimum atomic E-state index is -0.471. The molecular formula is C11H11IN4O3. The summed E-state index contributed by atoms with van der Waals surface area (Å²) in [6.45, 7) is 2.14. The van der Waals surface area contributed by atoms with Gasteiger partial charge in [-0.15, -0.1) is 0 Å². The highest BCUT2D eigenvalue weighted by atomic mass is 127. The first kappa shape index (κ1) is 13.6. The van der Waals surface area contributed by atoms with Gasteiger partial charge in [0, 0.05) is 11.6 Å². The van der Waals surface area contributed by atoms with Gasteiger partial charge in [-0.25, -0.2) is 0 Å². The van der Waals surface area contributed by atoms with Crippen LogP contribution in [0.15, 0.2) is 18.2 Å². The van der Waals surface area contributed by atoms with E-state index in [1.807, 2.05) is 22.6 Å². The van der Waals surface area contributed by atoms with Crippen molar-refractivity contribution in [3.63, 3.8) is 0 Å². The van der Waals surface area contributed by atoms with E-state index < -0.39 is 4.92 Å². The van der Waals surface area contributed by atoms with Crippen LogP contribution < -0.4 is 10.5 Å². The predicted octanol–water partition coefficient (Wildman–Crippen LogP) is 2.57. The van der Waals surface area contributed by atoms with Gasteiger partial charge in [-0.3, -0.25) is 15.2 Å². The molecule has 0 saturated carbocycles. The molecule has 0 spiro atoms. The average Bonchev–Trinajstić information content (AvgIpc) is 2.71. The Morgan fingerprint density at radius 1 is 1.58 bits per heavy atom. The molecule has 0 fully saturated rings. The molecule has 1 heterocycles. The zero-order valence-electron chi connectivity index (χ0n) is 10.0. The molecule has 0 aliphatic carbocycles. The van der Waals surface area contributed by atoms with E-state index in [4.69, 9.17) is 10.5 Å². The largest absolute Gasteiger partial charge is 0.487 e. The Bertz CT molecular complexity index is 626. The summed E-state index contributed by atoms with van der Waals surface area (Å²) in [5.41, 5.74) is 6.86.